The van der Waals surface area contributed by atoms with Gasteiger partial charge in [-0.25, -0.2) is 13.4 Å². The van der Waals surface area contributed by atoms with Gasteiger partial charge in [-0.2, -0.15) is 0 Å². The van der Waals surface area contributed by atoms with E-state index >= 15 is 0 Å². The summed E-state index contributed by atoms with van der Waals surface area (Å²) in [6, 6.07) is -0.0353. The number of amides is 1. The second-order valence-corrected chi connectivity index (χ2v) is 9.01. The molecule has 2 saturated carbocycles. The fraction of sp³-hybridized carbons (Fsp3) is 0.812. The first-order chi connectivity index (χ1) is 10.6. The van der Waals surface area contributed by atoms with Gasteiger partial charge in [-0.3, -0.25) is 14.7 Å². The van der Waals surface area contributed by atoms with Crippen LogP contribution in [0, 0.1) is 5.41 Å². The average Bonchev–Trinajstić information content (AvgIpc) is 3.04. The Bertz CT molecular complexity index is 645. The summed E-state index contributed by atoms with van der Waals surface area (Å²) in [5.74, 6) is 0.349. The van der Waals surface area contributed by atoms with Gasteiger partial charge in [-0.05, 0) is 51.9 Å². The SMILES string of the molecule is CC(=O)N(/C(C)=N/C(=N\C(C)C)S(C)(=O)=O)C1CCCC12CC2. The van der Waals surface area contributed by atoms with E-state index < -0.39 is 9.84 Å². The van der Waals surface area contributed by atoms with Crippen LogP contribution in [-0.2, 0) is 14.6 Å². The van der Waals surface area contributed by atoms with Crippen molar-refractivity contribution in [1.29, 1.82) is 0 Å². The summed E-state index contributed by atoms with van der Waals surface area (Å²) < 4.78 is 23.8. The van der Waals surface area contributed by atoms with E-state index in [9.17, 15) is 13.2 Å². The van der Waals surface area contributed by atoms with Crippen molar-refractivity contribution >= 4 is 26.7 Å². The summed E-state index contributed by atoms with van der Waals surface area (Å²) in [7, 11) is -3.53. The fourth-order valence-corrected chi connectivity index (χ4v) is 4.26. The maximum absolute atomic E-state index is 12.2. The number of carbonyl (C=O) groups is 1. The van der Waals surface area contributed by atoms with E-state index in [0.29, 0.717) is 5.84 Å². The molecular formula is C16H27N3O3S. The van der Waals surface area contributed by atoms with Crippen LogP contribution in [0.4, 0.5) is 0 Å². The van der Waals surface area contributed by atoms with Crippen LogP contribution in [0.5, 0.6) is 0 Å². The number of carbonyl (C=O) groups excluding carboxylic acids is 1. The van der Waals surface area contributed by atoms with E-state index in [1.807, 2.05) is 0 Å². The first-order valence-electron chi connectivity index (χ1n) is 8.20. The molecule has 2 rings (SSSR count). The van der Waals surface area contributed by atoms with E-state index in [2.05, 4.69) is 9.98 Å². The first-order valence-corrected chi connectivity index (χ1v) is 10.1. The van der Waals surface area contributed by atoms with Crippen LogP contribution in [-0.4, -0.2) is 48.6 Å². The number of hydrogen-bond donors (Lipinski definition) is 0. The maximum atomic E-state index is 12.2. The molecule has 2 fully saturated rings. The molecule has 2 aliphatic carbocycles. The molecule has 1 amide bonds. The van der Waals surface area contributed by atoms with Gasteiger partial charge in [0.15, 0.2) is 0 Å². The summed E-state index contributed by atoms with van der Waals surface area (Å²) in [6.07, 6.45) is 6.61. The topological polar surface area (TPSA) is 79.2 Å². The Labute approximate surface area is 139 Å². The number of hydrogen-bond acceptors (Lipinski definition) is 4. The summed E-state index contributed by atoms with van der Waals surface area (Å²) in [4.78, 5) is 22.2. The summed E-state index contributed by atoms with van der Waals surface area (Å²) in [5.41, 5.74) is 0.239. The van der Waals surface area contributed by atoms with Crippen LogP contribution in [0.15, 0.2) is 9.98 Å². The Balaban J connectivity index is 2.37. The largest absolute Gasteiger partial charge is 0.297 e. The van der Waals surface area contributed by atoms with Crippen molar-refractivity contribution in [2.24, 2.45) is 15.4 Å². The van der Waals surface area contributed by atoms with Gasteiger partial charge in [0.2, 0.25) is 20.9 Å². The third-order valence-electron chi connectivity index (χ3n) is 4.71. The van der Waals surface area contributed by atoms with Gasteiger partial charge in [0.1, 0.15) is 5.84 Å². The van der Waals surface area contributed by atoms with Crippen molar-refractivity contribution in [2.75, 3.05) is 6.26 Å². The smallest absolute Gasteiger partial charge is 0.244 e. The van der Waals surface area contributed by atoms with Crippen LogP contribution in [0.3, 0.4) is 0 Å². The van der Waals surface area contributed by atoms with Crippen LogP contribution in [0.2, 0.25) is 0 Å². The van der Waals surface area contributed by atoms with E-state index in [-0.39, 0.29) is 28.6 Å². The van der Waals surface area contributed by atoms with Gasteiger partial charge in [0.05, 0.1) is 0 Å². The van der Waals surface area contributed by atoms with Crippen molar-refractivity contribution in [1.82, 2.24) is 4.90 Å². The lowest BCUT2D eigenvalue weighted by atomic mass is 9.98. The average molecular weight is 341 g/mol. The molecule has 0 aliphatic heterocycles. The molecule has 1 spiro atoms. The van der Waals surface area contributed by atoms with Gasteiger partial charge in [-0.1, -0.05) is 6.42 Å². The Hall–Kier alpha value is -1.24. The molecule has 0 aromatic carbocycles. The van der Waals surface area contributed by atoms with Gasteiger partial charge >= 0.3 is 0 Å². The van der Waals surface area contributed by atoms with Gasteiger partial charge < -0.3 is 0 Å². The highest BCUT2D eigenvalue weighted by molar-refractivity contribution is 8.05. The normalized spacial score (nSPS) is 24.3. The van der Waals surface area contributed by atoms with Crippen molar-refractivity contribution in [3.63, 3.8) is 0 Å². The molecule has 1 unspecified atom stereocenters. The lowest BCUT2D eigenvalue weighted by Gasteiger charge is -2.32. The van der Waals surface area contributed by atoms with Crippen LogP contribution < -0.4 is 0 Å². The minimum atomic E-state index is -3.53. The maximum Gasteiger partial charge on any atom is 0.244 e. The second-order valence-electron chi connectivity index (χ2n) is 7.10. The second kappa shape index (κ2) is 6.34. The zero-order valence-electron chi connectivity index (χ0n) is 14.7. The molecule has 2 aliphatic rings. The number of aliphatic imine (C=N–C) groups is 2. The first kappa shape index (κ1) is 18.1. The Morgan fingerprint density at radius 3 is 2.26 bits per heavy atom. The number of amidine groups is 2. The predicted octanol–water partition coefficient (Wildman–Crippen LogP) is 2.40. The predicted molar refractivity (Wildman–Crippen MR) is 92.3 cm³/mol. The molecular weight excluding hydrogens is 314 g/mol. The molecule has 0 saturated heterocycles. The van der Waals surface area contributed by atoms with Gasteiger partial charge in [0, 0.05) is 25.3 Å². The van der Waals surface area contributed by atoms with E-state index in [1.165, 1.54) is 6.92 Å². The molecule has 0 aromatic rings. The standard InChI is InChI=1S/C16H27N3O3S/c1-11(2)17-15(23(5,21)22)18-12(3)19(13(4)20)14-7-6-8-16(14)9-10-16/h11,14H,6-10H2,1-5H3/b17-15+,18-12+. The molecule has 7 heteroatoms. The fourth-order valence-electron chi connectivity index (χ4n) is 3.56. The monoisotopic (exact) mass is 341 g/mol. The highest BCUT2D eigenvalue weighted by atomic mass is 32.2. The summed E-state index contributed by atoms with van der Waals surface area (Å²) in [5, 5.41) is -0.195. The van der Waals surface area contributed by atoms with Crippen molar-refractivity contribution in [2.45, 2.75) is 71.9 Å². The molecule has 130 valence electrons. The zero-order valence-corrected chi connectivity index (χ0v) is 15.5. The summed E-state index contributed by atoms with van der Waals surface area (Å²) >= 11 is 0. The van der Waals surface area contributed by atoms with E-state index in [1.54, 1.807) is 25.7 Å². The highest BCUT2D eigenvalue weighted by Crippen LogP contribution is 2.59. The van der Waals surface area contributed by atoms with Crippen LogP contribution >= 0.6 is 0 Å². The lowest BCUT2D eigenvalue weighted by Crippen LogP contribution is -2.45. The number of nitrogens with zero attached hydrogens (tertiary/aromatic N) is 3. The van der Waals surface area contributed by atoms with Crippen molar-refractivity contribution < 1.29 is 13.2 Å². The van der Waals surface area contributed by atoms with Gasteiger partial charge in [0.25, 0.3) is 0 Å². The van der Waals surface area contributed by atoms with Crippen molar-refractivity contribution in [3.05, 3.63) is 0 Å². The Morgan fingerprint density at radius 2 is 1.83 bits per heavy atom. The lowest BCUT2D eigenvalue weighted by molar-refractivity contribution is -0.127. The molecule has 0 radical (unpaired) electrons. The number of sulfone groups is 1. The molecule has 0 bridgehead atoms. The third kappa shape index (κ3) is 4.00. The minimum Gasteiger partial charge on any atom is -0.297 e. The Morgan fingerprint density at radius 1 is 1.22 bits per heavy atom. The molecule has 0 heterocycles. The minimum absolute atomic E-state index is 0.0816. The molecule has 0 N–H and O–H groups in total. The number of rotatable bonds is 2. The quantitative estimate of drug-likeness (QED) is 0.571. The van der Waals surface area contributed by atoms with Gasteiger partial charge in [-0.15, -0.1) is 0 Å². The summed E-state index contributed by atoms with van der Waals surface area (Å²) in [6.45, 7) is 6.83. The van der Waals surface area contributed by atoms with Crippen molar-refractivity contribution in [3.8, 4) is 0 Å². The van der Waals surface area contributed by atoms with Crippen LogP contribution in [0.1, 0.15) is 59.8 Å². The van der Waals surface area contributed by atoms with Crippen LogP contribution in [0.25, 0.3) is 0 Å². The molecule has 0 aromatic heterocycles. The Kier molecular flexibility index (Phi) is 4.99. The molecule has 1 atom stereocenters. The van der Waals surface area contributed by atoms with E-state index in [0.717, 1.165) is 38.4 Å². The molecule has 23 heavy (non-hydrogen) atoms. The zero-order chi connectivity index (χ0) is 17.4. The third-order valence-corrected chi connectivity index (χ3v) is 5.57. The van der Waals surface area contributed by atoms with E-state index in [4.69, 9.17) is 0 Å². The molecule has 6 nitrogen and oxygen atoms in total. The highest BCUT2D eigenvalue weighted by Gasteiger charge is 2.55.